The van der Waals surface area contributed by atoms with E-state index in [1.807, 2.05) is 0 Å². The Balaban J connectivity index is 2.24. The lowest BCUT2D eigenvalue weighted by atomic mass is 10.1. The van der Waals surface area contributed by atoms with Crippen LogP contribution in [0.2, 0.25) is 0 Å². The van der Waals surface area contributed by atoms with E-state index in [1.165, 1.54) is 12.1 Å². The van der Waals surface area contributed by atoms with Crippen LogP contribution in [0.15, 0.2) is 29.2 Å². The van der Waals surface area contributed by atoms with E-state index < -0.39 is 15.9 Å². The van der Waals surface area contributed by atoms with E-state index in [0.717, 1.165) is 12.7 Å². The standard InChI is InChI=1S/C13H17NO4S/c1-19(17,18)12-6-2-4-10(8-12)13(16)14-7-3-5-11(15)9-14/h2,4,6,8,11,15H,3,5,7,9H2,1H3. The third-order valence-electron chi connectivity index (χ3n) is 3.19. The first-order valence-corrected chi connectivity index (χ1v) is 8.04. The lowest BCUT2D eigenvalue weighted by molar-refractivity contribution is 0.0473. The maximum Gasteiger partial charge on any atom is 0.253 e. The van der Waals surface area contributed by atoms with Crippen LogP contribution in [0.25, 0.3) is 0 Å². The molecule has 1 N–H and O–H groups in total. The van der Waals surface area contributed by atoms with Gasteiger partial charge in [-0.2, -0.15) is 0 Å². The molecule has 0 aromatic heterocycles. The third kappa shape index (κ3) is 3.33. The van der Waals surface area contributed by atoms with Gasteiger partial charge in [0.05, 0.1) is 11.0 Å². The molecular weight excluding hydrogens is 266 g/mol. The molecule has 0 radical (unpaired) electrons. The monoisotopic (exact) mass is 283 g/mol. The van der Waals surface area contributed by atoms with Gasteiger partial charge >= 0.3 is 0 Å². The second kappa shape index (κ2) is 5.30. The highest BCUT2D eigenvalue weighted by atomic mass is 32.2. The van der Waals surface area contributed by atoms with Gasteiger partial charge in [-0.05, 0) is 31.0 Å². The number of carbonyl (C=O) groups excluding carboxylic acids is 1. The summed E-state index contributed by atoms with van der Waals surface area (Å²) in [4.78, 5) is 13.9. The lowest BCUT2D eigenvalue weighted by Crippen LogP contribution is -2.42. The number of piperidine rings is 1. The highest BCUT2D eigenvalue weighted by Gasteiger charge is 2.23. The molecule has 1 atom stereocenters. The number of sulfone groups is 1. The van der Waals surface area contributed by atoms with Gasteiger partial charge in [0.1, 0.15) is 0 Å². The van der Waals surface area contributed by atoms with Gasteiger partial charge in [0.15, 0.2) is 9.84 Å². The van der Waals surface area contributed by atoms with Gasteiger partial charge in [-0.1, -0.05) is 6.07 Å². The maximum absolute atomic E-state index is 12.2. The summed E-state index contributed by atoms with van der Waals surface area (Å²) in [6, 6.07) is 6.01. The van der Waals surface area contributed by atoms with Crippen molar-refractivity contribution >= 4 is 15.7 Å². The summed E-state index contributed by atoms with van der Waals surface area (Å²) in [5.41, 5.74) is 0.344. The Morgan fingerprint density at radius 3 is 2.79 bits per heavy atom. The second-order valence-corrected chi connectivity index (χ2v) is 6.86. The molecule has 1 saturated heterocycles. The van der Waals surface area contributed by atoms with Gasteiger partial charge in [0, 0.05) is 24.9 Å². The number of carbonyl (C=O) groups is 1. The van der Waals surface area contributed by atoms with Crippen molar-refractivity contribution in [1.82, 2.24) is 4.90 Å². The van der Waals surface area contributed by atoms with Gasteiger partial charge in [-0.25, -0.2) is 8.42 Å². The largest absolute Gasteiger partial charge is 0.391 e. The quantitative estimate of drug-likeness (QED) is 0.866. The summed E-state index contributed by atoms with van der Waals surface area (Å²) in [5.74, 6) is -0.232. The van der Waals surface area contributed by atoms with Crippen molar-refractivity contribution in [3.8, 4) is 0 Å². The van der Waals surface area contributed by atoms with Crippen molar-refractivity contribution < 1.29 is 18.3 Å². The van der Waals surface area contributed by atoms with Gasteiger partial charge in [-0.3, -0.25) is 4.79 Å². The molecule has 6 heteroatoms. The highest BCUT2D eigenvalue weighted by Crippen LogP contribution is 2.16. The number of aliphatic hydroxyl groups is 1. The van der Waals surface area contributed by atoms with E-state index in [4.69, 9.17) is 0 Å². The zero-order valence-electron chi connectivity index (χ0n) is 10.7. The summed E-state index contributed by atoms with van der Waals surface area (Å²) in [5, 5.41) is 9.57. The van der Waals surface area contributed by atoms with Gasteiger partial charge < -0.3 is 10.0 Å². The summed E-state index contributed by atoms with van der Waals surface area (Å²) in [7, 11) is -3.32. The molecule has 19 heavy (non-hydrogen) atoms. The van der Waals surface area contributed by atoms with E-state index in [1.54, 1.807) is 17.0 Å². The predicted molar refractivity (Wildman–Crippen MR) is 70.7 cm³/mol. The Bertz CT molecular complexity index is 582. The molecule has 1 fully saturated rings. The van der Waals surface area contributed by atoms with Crippen molar-refractivity contribution in [2.24, 2.45) is 0 Å². The van der Waals surface area contributed by atoms with Crippen LogP contribution in [0.3, 0.4) is 0 Å². The average Bonchev–Trinajstić information content (AvgIpc) is 2.37. The number of benzene rings is 1. The Labute approximate surface area is 112 Å². The Morgan fingerprint density at radius 2 is 2.16 bits per heavy atom. The summed E-state index contributed by atoms with van der Waals surface area (Å²) in [6.07, 6.45) is 2.09. The minimum absolute atomic E-state index is 0.135. The second-order valence-electron chi connectivity index (χ2n) is 4.85. The highest BCUT2D eigenvalue weighted by molar-refractivity contribution is 7.90. The molecule has 0 saturated carbocycles. The van der Waals surface area contributed by atoms with Crippen LogP contribution >= 0.6 is 0 Å². The lowest BCUT2D eigenvalue weighted by Gasteiger charge is -2.30. The molecule has 1 heterocycles. The first kappa shape index (κ1) is 14.0. The molecule has 0 aliphatic carbocycles. The molecule has 2 rings (SSSR count). The number of nitrogens with zero attached hydrogens (tertiary/aromatic N) is 1. The molecule has 0 bridgehead atoms. The SMILES string of the molecule is CS(=O)(=O)c1cccc(C(=O)N2CCCC(O)C2)c1. The molecule has 1 aliphatic rings. The summed E-state index contributed by atoms with van der Waals surface area (Å²) >= 11 is 0. The van der Waals surface area contributed by atoms with E-state index in [9.17, 15) is 18.3 Å². The van der Waals surface area contributed by atoms with Crippen LogP contribution < -0.4 is 0 Å². The number of hydrogen-bond acceptors (Lipinski definition) is 4. The van der Waals surface area contributed by atoms with E-state index in [0.29, 0.717) is 25.1 Å². The van der Waals surface area contributed by atoms with Crippen LogP contribution in [0.1, 0.15) is 23.2 Å². The summed E-state index contributed by atoms with van der Waals surface area (Å²) in [6.45, 7) is 0.904. The fraction of sp³-hybridized carbons (Fsp3) is 0.462. The van der Waals surface area contributed by atoms with Crippen molar-refractivity contribution in [2.45, 2.75) is 23.8 Å². The minimum atomic E-state index is -3.32. The molecule has 1 unspecified atom stereocenters. The topological polar surface area (TPSA) is 74.7 Å². The fourth-order valence-corrected chi connectivity index (χ4v) is 2.85. The molecule has 0 spiro atoms. The smallest absolute Gasteiger partial charge is 0.253 e. The van der Waals surface area contributed by atoms with Crippen molar-refractivity contribution in [3.63, 3.8) is 0 Å². The molecule has 1 aromatic carbocycles. The summed E-state index contributed by atoms with van der Waals surface area (Å²) < 4.78 is 22.9. The average molecular weight is 283 g/mol. The first-order chi connectivity index (χ1) is 8.88. The zero-order valence-corrected chi connectivity index (χ0v) is 11.6. The maximum atomic E-state index is 12.2. The Hall–Kier alpha value is -1.40. The van der Waals surface area contributed by atoms with E-state index in [-0.39, 0.29) is 10.8 Å². The first-order valence-electron chi connectivity index (χ1n) is 6.15. The van der Waals surface area contributed by atoms with Crippen molar-refractivity contribution in [3.05, 3.63) is 29.8 Å². The number of aliphatic hydroxyl groups excluding tert-OH is 1. The number of hydrogen-bond donors (Lipinski definition) is 1. The normalized spacial score (nSPS) is 20.3. The molecule has 5 nitrogen and oxygen atoms in total. The van der Waals surface area contributed by atoms with E-state index in [2.05, 4.69) is 0 Å². The molecule has 1 aromatic rings. The molecule has 1 aliphatic heterocycles. The third-order valence-corrected chi connectivity index (χ3v) is 4.30. The van der Waals surface area contributed by atoms with Crippen LogP contribution in [0.5, 0.6) is 0 Å². The van der Waals surface area contributed by atoms with Crippen LogP contribution in [-0.4, -0.2) is 49.8 Å². The van der Waals surface area contributed by atoms with Crippen LogP contribution in [-0.2, 0) is 9.84 Å². The number of amides is 1. The fourth-order valence-electron chi connectivity index (χ4n) is 2.18. The number of likely N-dealkylation sites (tertiary alicyclic amines) is 1. The van der Waals surface area contributed by atoms with Crippen molar-refractivity contribution in [2.75, 3.05) is 19.3 Å². The number of β-amino-alcohol motifs (C(OH)–C–C–N with tert-alkyl or cyclic N) is 1. The van der Waals surface area contributed by atoms with Gasteiger partial charge in [0.25, 0.3) is 5.91 Å². The molecular formula is C13H17NO4S. The number of rotatable bonds is 2. The van der Waals surface area contributed by atoms with Gasteiger partial charge in [-0.15, -0.1) is 0 Å². The predicted octanol–water partition coefficient (Wildman–Crippen LogP) is 0.687. The van der Waals surface area contributed by atoms with Crippen molar-refractivity contribution in [1.29, 1.82) is 0 Å². The Morgan fingerprint density at radius 1 is 1.42 bits per heavy atom. The van der Waals surface area contributed by atoms with Crippen LogP contribution in [0, 0.1) is 0 Å². The minimum Gasteiger partial charge on any atom is -0.391 e. The molecule has 1 amide bonds. The van der Waals surface area contributed by atoms with Crippen LogP contribution in [0.4, 0.5) is 0 Å². The van der Waals surface area contributed by atoms with Gasteiger partial charge in [0.2, 0.25) is 0 Å². The zero-order chi connectivity index (χ0) is 14.0. The molecule has 104 valence electrons. The Kier molecular flexibility index (Phi) is 3.91. The van der Waals surface area contributed by atoms with E-state index >= 15 is 0 Å².